The van der Waals surface area contributed by atoms with Gasteiger partial charge in [0.1, 0.15) is 0 Å². The Morgan fingerprint density at radius 1 is 1.38 bits per heavy atom. The molecule has 1 N–H and O–H groups in total. The lowest BCUT2D eigenvalue weighted by molar-refractivity contribution is 0.514. The molecule has 0 radical (unpaired) electrons. The molecule has 13 heavy (non-hydrogen) atoms. The van der Waals surface area contributed by atoms with Gasteiger partial charge in [-0.15, -0.1) is 0 Å². The van der Waals surface area contributed by atoms with E-state index in [1.54, 1.807) is 13.8 Å². The molecule has 1 aliphatic carbocycles. The van der Waals surface area contributed by atoms with Crippen LogP contribution in [0.3, 0.4) is 0 Å². The molecule has 3 nitrogen and oxygen atoms in total. The smallest absolute Gasteiger partial charge is 0.153 e. The van der Waals surface area contributed by atoms with Gasteiger partial charge in [0.05, 0.1) is 4.75 Å². The average Bonchev–Trinajstić information content (AvgIpc) is 2.68. The zero-order chi connectivity index (χ0) is 10.1. The summed E-state index contributed by atoms with van der Waals surface area (Å²) in [4.78, 5) is 0. The summed E-state index contributed by atoms with van der Waals surface area (Å²) in [7, 11) is -2.94. The Hall–Kier alpha value is -0.0900. The van der Waals surface area contributed by atoms with Gasteiger partial charge in [-0.25, -0.2) is 8.42 Å². The molecular weight excluding hydrogens is 186 g/mol. The van der Waals surface area contributed by atoms with Gasteiger partial charge in [0.2, 0.25) is 0 Å². The molecule has 0 aromatic carbocycles. The number of nitrogens with one attached hydrogen (secondary N) is 1. The normalized spacial score (nSPS) is 19.0. The fourth-order valence-corrected chi connectivity index (χ4v) is 1.39. The van der Waals surface area contributed by atoms with E-state index in [1.807, 2.05) is 0 Å². The highest BCUT2D eigenvalue weighted by Crippen LogP contribution is 2.27. The van der Waals surface area contributed by atoms with Crippen LogP contribution in [-0.2, 0) is 9.84 Å². The van der Waals surface area contributed by atoms with Gasteiger partial charge in [0, 0.05) is 12.8 Å². The highest BCUT2D eigenvalue weighted by atomic mass is 32.2. The maximum absolute atomic E-state index is 11.3. The van der Waals surface area contributed by atoms with Crippen molar-refractivity contribution in [2.75, 3.05) is 19.3 Å². The fourth-order valence-electron chi connectivity index (χ4n) is 1.03. The van der Waals surface area contributed by atoms with Crippen molar-refractivity contribution in [2.24, 2.45) is 5.92 Å². The van der Waals surface area contributed by atoms with Crippen molar-refractivity contribution < 1.29 is 8.42 Å². The zero-order valence-electron chi connectivity index (χ0n) is 8.63. The van der Waals surface area contributed by atoms with Crippen molar-refractivity contribution >= 4 is 9.84 Å². The monoisotopic (exact) mass is 205 g/mol. The van der Waals surface area contributed by atoms with Crippen molar-refractivity contribution in [3.8, 4) is 0 Å². The Morgan fingerprint density at radius 2 is 1.92 bits per heavy atom. The molecule has 0 bridgehead atoms. The van der Waals surface area contributed by atoms with E-state index in [-0.39, 0.29) is 0 Å². The van der Waals surface area contributed by atoms with E-state index in [9.17, 15) is 8.42 Å². The Balaban J connectivity index is 2.32. The molecule has 78 valence electrons. The van der Waals surface area contributed by atoms with Gasteiger partial charge in [-0.2, -0.15) is 0 Å². The second kappa shape index (κ2) is 3.58. The molecule has 1 aliphatic rings. The van der Waals surface area contributed by atoms with E-state index in [0.717, 1.165) is 12.5 Å². The molecule has 0 saturated heterocycles. The SMILES string of the molecule is CC(C)(CNCC1CC1)S(C)(=O)=O. The Bertz CT molecular complexity index is 265. The average molecular weight is 205 g/mol. The predicted molar refractivity (Wildman–Crippen MR) is 54.5 cm³/mol. The lowest BCUT2D eigenvalue weighted by atomic mass is 10.2. The van der Waals surface area contributed by atoms with E-state index < -0.39 is 14.6 Å². The van der Waals surface area contributed by atoms with E-state index in [2.05, 4.69) is 5.32 Å². The molecule has 0 aliphatic heterocycles. The maximum atomic E-state index is 11.3. The van der Waals surface area contributed by atoms with Crippen LogP contribution in [0.5, 0.6) is 0 Å². The molecular formula is C9H19NO2S. The largest absolute Gasteiger partial charge is 0.315 e. The lowest BCUT2D eigenvalue weighted by Gasteiger charge is -2.22. The van der Waals surface area contributed by atoms with Crippen LogP contribution in [0.2, 0.25) is 0 Å². The summed E-state index contributed by atoms with van der Waals surface area (Å²) in [5, 5.41) is 3.21. The second-order valence-electron chi connectivity index (χ2n) is 4.61. The molecule has 0 unspecified atom stereocenters. The van der Waals surface area contributed by atoms with Gasteiger partial charge in [-0.3, -0.25) is 0 Å². The summed E-state index contributed by atoms with van der Waals surface area (Å²) in [6.45, 7) is 5.06. The quantitative estimate of drug-likeness (QED) is 0.722. The second-order valence-corrected chi connectivity index (χ2v) is 7.26. The first-order valence-electron chi connectivity index (χ1n) is 4.73. The third-order valence-corrected chi connectivity index (χ3v) is 4.84. The van der Waals surface area contributed by atoms with Gasteiger partial charge >= 0.3 is 0 Å². The standard InChI is InChI=1S/C9H19NO2S/c1-9(2,13(3,11)12)7-10-6-8-4-5-8/h8,10H,4-7H2,1-3H3. The van der Waals surface area contributed by atoms with Crippen LogP contribution >= 0.6 is 0 Å². The minimum atomic E-state index is -2.94. The minimum Gasteiger partial charge on any atom is -0.315 e. The van der Waals surface area contributed by atoms with Gasteiger partial charge in [-0.05, 0) is 39.2 Å². The van der Waals surface area contributed by atoms with Crippen LogP contribution in [0, 0.1) is 5.92 Å². The molecule has 4 heteroatoms. The van der Waals surface area contributed by atoms with Gasteiger partial charge in [0.25, 0.3) is 0 Å². The number of rotatable bonds is 5. The van der Waals surface area contributed by atoms with E-state index in [0.29, 0.717) is 6.54 Å². The number of hydrogen-bond acceptors (Lipinski definition) is 3. The Kier molecular flexibility index (Phi) is 3.02. The van der Waals surface area contributed by atoms with Gasteiger partial charge in [0.15, 0.2) is 9.84 Å². The van der Waals surface area contributed by atoms with Crippen LogP contribution in [-0.4, -0.2) is 32.5 Å². The molecule has 0 amide bonds. The van der Waals surface area contributed by atoms with Gasteiger partial charge < -0.3 is 5.32 Å². The summed E-state index contributed by atoms with van der Waals surface area (Å²) < 4.78 is 22.0. The summed E-state index contributed by atoms with van der Waals surface area (Å²) in [5.41, 5.74) is 0. The first-order valence-corrected chi connectivity index (χ1v) is 6.62. The molecule has 0 spiro atoms. The predicted octanol–water partition coefficient (Wildman–Crippen LogP) is 0.809. The molecule has 0 aromatic heterocycles. The van der Waals surface area contributed by atoms with Crippen LogP contribution in [0.25, 0.3) is 0 Å². The molecule has 0 heterocycles. The molecule has 1 saturated carbocycles. The minimum absolute atomic E-state index is 0.558. The van der Waals surface area contributed by atoms with Crippen molar-refractivity contribution in [1.29, 1.82) is 0 Å². The van der Waals surface area contributed by atoms with Crippen molar-refractivity contribution in [3.63, 3.8) is 0 Å². The number of hydrogen-bond donors (Lipinski definition) is 1. The summed E-state index contributed by atoms with van der Waals surface area (Å²) >= 11 is 0. The van der Waals surface area contributed by atoms with E-state index in [4.69, 9.17) is 0 Å². The number of sulfone groups is 1. The summed E-state index contributed by atoms with van der Waals surface area (Å²) in [6.07, 6.45) is 3.89. The van der Waals surface area contributed by atoms with E-state index in [1.165, 1.54) is 19.1 Å². The van der Waals surface area contributed by atoms with Crippen LogP contribution in [0.15, 0.2) is 0 Å². The van der Waals surface area contributed by atoms with Crippen LogP contribution in [0.4, 0.5) is 0 Å². The topological polar surface area (TPSA) is 46.2 Å². The third-order valence-electron chi connectivity index (χ3n) is 2.68. The third kappa shape index (κ3) is 3.27. The zero-order valence-corrected chi connectivity index (χ0v) is 9.45. The molecule has 0 atom stereocenters. The van der Waals surface area contributed by atoms with E-state index >= 15 is 0 Å². The first-order chi connectivity index (χ1) is 5.83. The lowest BCUT2D eigenvalue weighted by Crippen LogP contribution is -2.42. The maximum Gasteiger partial charge on any atom is 0.153 e. The summed E-state index contributed by atoms with van der Waals surface area (Å²) in [6, 6.07) is 0. The highest BCUT2D eigenvalue weighted by molar-refractivity contribution is 7.92. The van der Waals surface area contributed by atoms with Crippen molar-refractivity contribution in [3.05, 3.63) is 0 Å². The van der Waals surface area contributed by atoms with Gasteiger partial charge in [-0.1, -0.05) is 0 Å². The Morgan fingerprint density at radius 3 is 2.31 bits per heavy atom. The highest BCUT2D eigenvalue weighted by Gasteiger charge is 2.30. The Labute approximate surface area is 80.8 Å². The van der Waals surface area contributed by atoms with Crippen molar-refractivity contribution in [1.82, 2.24) is 5.32 Å². The molecule has 1 rings (SSSR count). The fraction of sp³-hybridized carbons (Fsp3) is 1.00. The first kappa shape index (κ1) is 11.0. The molecule has 0 aromatic rings. The van der Waals surface area contributed by atoms with Crippen LogP contribution < -0.4 is 5.32 Å². The summed E-state index contributed by atoms with van der Waals surface area (Å²) in [5.74, 6) is 0.801. The van der Waals surface area contributed by atoms with Crippen LogP contribution in [0.1, 0.15) is 26.7 Å². The van der Waals surface area contributed by atoms with Crippen molar-refractivity contribution in [2.45, 2.75) is 31.4 Å². The molecule has 1 fully saturated rings.